The first-order valence-electron chi connectivity index (χ1n) is 11.9. The van der Waals surface area contributed by atoms with Gasteiger partial charge in [-0.05, 0) is 37.1 Å². The molecule has 3 N–H and O–H groups in total. The molecule has 10 nitrogen and oxygen atoms in total. The van der Waals surface area contributed by atoms with Crippen molar-refractivity contribution in [3.05, 3.63) is 53.1 Å². The number of fused-ring (bicyclic) bond motifs is 2. The van der Waals surface area contributed by atoms with Gasteiger partial charge in [-0.15, -0.1) is 0 Å². The van der Waals surface area contributed by atoms with Gasteiger partial charge >= 0.3 is 5.69 Å². The smallest absolute Gasteiger partial charge is 0.326 e. The minimum atomic E-state index is -0.0479. The molecular weight excluding hydrogens is 434 g/mol. The Bertz CT molecular complexity index is 1290. The molecule has 1 aliphatic rings. The molecule has 0 spiro atoms. The van der Waals surface area contributed by atoms with Crippen LogP contribution in [0.2, 0.25) is 0 Å². The number of ether oxygens (including phenoxy) is 1. The number of nitrogens with one attached hydrogen (secondary N) is 2. The van der Waals surface area contributed by atoms with Crippen molar-refractivity contribution in [1.82, 2.24) is 29.0 Å². The Morgan fingerprint density at radius 2 is 1.91 bits per heavy atom. The summed E-state index contributed by atoms with van der Waals surface area (Å²) in [5, 5.41) is 12.6. The van der Waals surface area contributed by atoms with Crippen LogP contribution in [0.5, 0.6) is 0 Å². The molecule has 0 amide bonds. The number of para-hydroxylation sites is 2. The lowest BCUT2D eigenvalue weighted by Crippen LogP contribution is -2.41. The molecule has 0 aliphatic carbocycles. The molecule has 34 heavy (non-hydrogen) atoms. The number of aliphatic hydroxyl groups is 1. The average Bonchev–Trinajstić information content (AvgIpc) is 3.37. The molecule has 10 heteroatoms. The summed E-state index contributed by atoms with van der Waals surface area (Å²) in [5.74, 6) is 0.810. The van der Waals surface area contributed by atoms with E-state index in [9.17, 15) is 4.79 Å². The normalized spacial score (nSPS) is 15.4. The number of hydrogen-bond donors (Lipinski definition) is 3. The molecule has 1 aliphatic heterocycles. The van der Waals surface area contributed by atoms with Crippen LogP contribution in [0.1, 0.15) is 12.8 Å². The minimum Gasteiger partial charge on any atom is -0.394 e. The molecule has 0 bridgehead atoms. The fourth-order valence-electron chi connectivity index (χ4n) is 4.66. The highest BCUT2D eigenvalue weighted by Gasteiger charge is 2.22. The van der Waals surface area contributed by atoms with Gasteiger partial charge in [-0.25, -0.2) is 14.8 Å². The Balaban J connectivity index is 1.18. The summed E-state index contributed by atoms with van der Waals surface area (Å²) in [5.41, 5.74) is 3.48. The fourth-order valence-corrected chi connectivity index (χ4v) is 4.66. The van der Waals surface area contributed by atoms with Gasteiger partial charge in [0.1, 0.15) is 5.52 Å². The molecule has 0 atom stereocenters. The quantitative estimate of drug-likeness (QED) is 0.305. The van der Waals surface area contributed by atoms with Crippen molar-refractivity contribution >= 4 is 28.1 Å². The number of aromatic nitrogens is 5. The Morgan fingerprint density at radius 3 is 2.76 bits per heavy atom. The van der Waals surface area contributed by atoms with E-state index >= 15 is 0 Å². The van der Waals surface area contributed by atoms with Crippen LogP contribution in [-0.2, 0) is 17.8 Å². The highest BCUT2D eigenvalue weighted by atomic mass is 16.5. The predicted octanol–water partition coefficient (Wildman–Crippen LogP) is 1.66. The number of imidazole rings is 2. The van der Waals surface area contributed by atoms with E-state index in [-0.39, 0.29) is 12.3 Å². The molecular formula is C24H31N7O3. The number of aliphatic hydroxyl groups excluding tert-OH is 1. The average molecular weight is 466 g/mol. The van der Waals surface area contributed by atoms with Gasteiger partial charge in [-0.2, -0.15) is 0 Å². The number of anilines is 1. The summed E-state index contributed by atoms with van der Waals surface area (Å²) >= 11 is 0. The first-order valence-corrected chi connectivity index (χ1v) is 11.9. The lowest BCUT2D eigenvalue weighted by atomic mass is 10.1. The maximum absolute atomic E-state index is 12.3. The van der Waals surface area contributed by atoms with Crippen molar-refractivity contribution in [2.24, 2.45) is 0 Å². The Kier molecular flexibility index (Phi) is 6.89. The molecule has 180 valence electrons. The van der Waals surface area contributed by atoms with Crippen molar-refractivity contribution in [2.45, 2.75) is 32.0 Å². The van der Waals surface area contributed by atoms with Crippen LogP contribution in [-0.4, -0.2) is 79.6 Å². The van der Waals surface area contributed by atoms with Gasteiger partial charge in [-0.3, -0.25) is 9.13 Å². The van der Waals surface area contributed by atoms with E-state index in [4.69, 9.17) is 14.8 Å². The molecule has 0 saturated carbocycles. The van der Waals surface area contributed by atoms with E-state index in [0.29, 0.717) is 32.3 Å². The van der Waals surface area contributed by atoms with Gasteiger partial charge in [0.05, 0.1) is 37.4 Å². The predicted molar refractivity (Wildman–Crippen MR) is 131 cm³/mol. The Morgan fingerprint density at radius 1 is 1.06 bits per heavy atom. The van der Waals surface area contributed by atoms with E-state index < -0.39 is 0 Å². The van der Waals surface area contributed by atoms with Crippen LogP contribution in [0, 0.1) is 0 Å². The summed E-state index contributed by atoms with van der Waals surface area (Å²) in [6, 6.07) is 12.0. The van der Waals surface area contributed by atoms with Crippen LogP contribution in [0.15, 0.2) is 47.4 Å². The number of benzene rings is 1. The molecule has 4 aromatic rings. The number of aromatic amines is 1. The topological polar surface area (TPSA) is 113 Å². The van der Waals surface area contributed by atoms with Gasteiger partial charge in [-0.1, -0.05) is 12.1 Å². The van der Waals surface area contributed by atoms with Crippen molar-refractivity contribution in [3.63, 3.8) is 0 Å². The molecule has 1 saturated heterocycles. The molecule has 0 radical (unpaired) electrons. The molecule has 0 unspecified atom stereocenters. The van der Waals surface area contributed by atoms with Gasteiger partial charge in [0.15, 0.2) is 5.65 Å². The molecule has 5 rings (SSSR count). The number of piperidine rings is 1. The van der Waals surface area contributed by atoms with Crippen LogP contribution in [0.4, 0.5) is 5.95 Å². The summed E-state index contributed by atoms with van der Waals surface area (Å²) < 4.78 is 9.35. The summed E-state index contributed by atoms with van der Waals surface area (Å²) in [7, 11) is 0. The van der Waals surface area contributed by atoms with E-state index in [1.807, 2.05) is 41.0 Å². The number of hydrogen-bond acceptors (Lipinski definition) is 7. The summed E-state index contributed by atoms with van der Waals surface area (Å²) in [6.07, 6.45) is 3.78. The largest absolute Gasteiger partial charge is 0.394 e. The number of rotatable bonds is 10. The maximum Gasteiger partial charge on any atom is 0.326 e. The van der Waals surface area contributed by atoms with Crippen molar-refractivity contribution in [1.29, 1.82) is 0 Å². The summed E-state index contributed by atoms with van der Waals surface area (Å²) in [6.45, 7) is 4.90. The number of nitrogens with zero attached hydrogens (tertiary/aromatic N) is 5. The zero-order valence-corrected chi connectivity index (χ0v) is 19.2. The van der Waals surface area contributed by atoms with Crippen molar-refractivity contribution in [3.8, 4) is 0 Å². The third-order valence-electron chi connectivity index (χ3n) is 6.44. The Hall–Kier alpha value is -3.21. The Labute approximate surface area is 197 Å². The zero-order valence-electron chi connectivity index (χ0n) is 19.2. The second kappa shape index (κ2) is 10.4. The lowest BCUT2D eigenvalue weighted by molar-refractivity contribution is 0.0876. The number of pyridine rings is 1. The van der Waals surface area contributed by atoms with Crippen molar-refractivity contribution < 1.29 is 9.84 Å². The van der Waals surface area contributed by atoms with E-state index in [0.717, 1.165) is 60.6 Å². The highest BCUT2D eigenvalue weighted by molar-refractivity contribution is 5.75. The van der Waals surface area contributed by atoms with Gasteiger partial charge in [0.2, 0.25) is 5.95 Å². The van der Waals surface area contributed by atoms with E-state index in [2.05, 4.69) is 24.8 Å². The van der Waals surface area contributed by atoms with Crippen LogP contribution in [0.3, 0.4) is 0 Å². The van der Waals surface area contributed by atoms with Crippen LogP contribution in [0.25, 0.3) is 22.2 Å². The second-order valence-corrected chi connectivity index (χ2v) is 8.63. The monoisotopic (exact) mass is 465 g/mol. The van der Waals surface area contributed by atoms with Crippen LogP contribution < -0.4 is 11.0 Å². The minimum absolute atomic E-state index is 0.0154. The third-order valence-corrected chi connectivity index (χ3v) is 6.44. The molecule has 1 fully saturated rings. The van der Waals surface area contributed by atoms with Gasteiger partial charge in [0.25, 0.3) is 0 Å². The first kappa shape index (κ1) is 22.6. The molecule has 3 aromatic heterocycles. The zero-order chi connectivity index (χ0) is 23.3. The van der Waals surface area contributed by atoms with Gasteiger partial charge < -0.3 is 25.0 Å². The van der Waals surface area contributed by atoms with Crippen LogP contribution >= 0.6 is 0 Å². The number of likely N-dealkylation sites (tertiary alicyclic amines) is 1. The third kappa shape index (κ3) is 4.84. The molecule has 4 heterocycles. The lowest BCUT2D eigenvalue weighted by Gasteiger charge is -2.32. The fraction of sp³-hybridized carbons (Fsp3) is 0.458. The van der Waals surface area contributed by atoms with Gasteiger partial charge in [0, 0.05) is 38.4 Å². The first-order chi connectivity index (χ1) is 16.7. The van der Waals surface area contributed by atoms with E-state index in [1.54, 1.807) is 6.20 Å². The second-order valence-electron chi connectivity index (χ2n) is 8.63. The highest BCUT2D eigenvalue weighted by Crippen LogP contribution is 2.21. The standard InChI is InChI=1S/C24H31N7O3/c32-15-17-34-16-14-31-22-20(5-3-9-25-22)27-23(31)26-18-7-10-29(11-8-18)12-13-30-21-6-2-1-4-19(21)28-24(30)33/h1-6,9,18,32H,7-8,10-17H2,(H,26,27)(H,28,33). The summed E-state index contributed by atoms with van der Waals surface area (Å²) in [4.78, 5) is 26.9. The number of H-pyrrole nitrogens is 1. The maximum atomic E-state index is 12.3. The molecule has 1 aromatic carbocycles. The van der Waals surface area contributed by atoms with Crippen molar-refractivity contribution in [2.75, 3.05) is 44.8 Å². The van der Waals surface area contributed by atoms with E-state index in [1.165, 1.54) is 0 Å². The SMILES string of the molecule is O=c1[nH]c2ccccc2n1CCN1CCC(Nc2nc3cccnc3n2CCOCCO)CC1.